The van der Waals surface area contributed by atoms with Crippen LogP contribution in [0.1, 0.15) is 23.1 Å². The fourth-order valence-electron chi connectivity index (χ4n) is 1.91. The highest BCUT2D eigenvalue weighted by Gasteiger charge is 2.03. The van der Waals surface area contributed by atoms with Gasteiger partial charge < -0.3 is 0 Å². The van der Waals surface area contributed by atoms with E-state index in [9.17, 15) is 0 Å². The summed E-state index contributed by atoms with van der Waals surface area (Å²) in [6, 6.07) is 6.72. The fourth-order valence-corrected chi connectivity index (χ4v) is 1.91. The third-order valence-corrected chi connectivity index (χ3v) is 2.76. The SMILES string of the molecule is Cc1ccc(CC2=CC=CC2)c(C)c1. The zero-order valence-corrected chi connectivity index (χ0v) is 8.88. The molecule has 1 aromatic rings. The normalized spacial score (nSPS) is 14.6. The van der Waals surface area contributed by atoms with Crippen molar-refractivity contribution < 1.29 is 0 Å². The molecule has 0 saturated carbocycles. The molecule has 0 N–H and O–H groups in total. The number of aryl methyl sites for hydroxylation is 2. The molecule has 0 heteroatoms. The molecule has 72 valence electrons. The summed E-state index contributed by atoms with van der Waals surface area (Å²) < 4.78 is 0. The Morgan fingerprint density at radius 3 is 2.71 bits per heavy atom. The average molecular weight is 184 g/mol. The molecule has 0 aliphatic heterocycles. The van der Waals surface area contributed by atoms with Crippen LogP contribution in [0.5, 0.6) is 0 Å². The number of benzene rings is 1. The Kier molecular flexibility index (Phi) is 2.53. The molecule has 1 aromatic carbocycles. The van der Waals surface area contributed by atoms with Crippen molar-refractivity contribution in [3.63, 3.8) is 0 Å². The van der Waals surface area contributed by atoms with Crippen molar-refractivity contribution in [2.24, 2.45) is 0 Å². The van der Waals surface area contributed by atoms with Gasteiger partial charge in [-0.1, -0.05) is 47.6 Å². The second-order valence-corrected chi connectivity index (χ2v) is 4.06. The van der Waals surface area contributed by atoms with E-state index in [-0.39, 0.29) is 0 Å². The predicted octanol–water partition coefficient (Wildman–Crippen LogP) is 3.73. The quantitative estimate of drug-likeness (QED) is 0.657. The van der Waals surface area contributed by atoms with Gasteiger partial charge in [0.05, 0.1) is 0 Å². The largest absolute Gasteiger partial charge is 0.0804 e. The van der Waals surface area contributed by atoms with Crippen LogP contribution < -0.4 is 0 Å². The van der Waals surface area contributed by atoms with E-state index >= 15 is 0 Å². The van der Waals surface area contributed by atoms with Crippen molar-refractivity contribution in [3.05, 3.63) is 58.7 Å². The zero-order chi connectivity index (χ0) is 9.97. The summed E-state index contributed by atoms with van der Waals surface area (Å²) in [6.07, 6.45) is 8.85. The molecule has 0 atom stereocenters. The van der Waals surface area contributed by atoms with Crippen LogP contribution in [0.25, 0.3) is 0 Å². The Morgan fingerprint density at radius 1 is 1.21 bits per heavy atom. The first-order chi connectivity index (χ1) is 6.75. The average Bonchev–Trinajstić information content (AvgIpc) is 2.62. The van der Waals surface area contributed by atoms with Gasteiger partial charge in [-0.15, -0.1) is 0 Å². The van der Waals surface area contributed by atoms with Crippen LogP contribution in [0, 0.1) is 13.8 Å². The van der Waals surface area contributed by atoms with Gasteiger partial charge in [0.25, 0.3) is 0 Å². The van der Waals surface area contributed by atoms with E-state index in [1.165, 1.54) is 22.3 Å². The lowest BCUT2D eigenvalue weighted by Gasteiger charge is -2.07. The lowest BCUT2D eigenvalue weighted by Crippen LogP contribution is -1.92. The summed E-state index contributed by atoms with van der Waals surface area (Å²) in [5, 5.41) is 0. The number of rotatable bonds is 2. The molecule has 0 radical (unpaired) electrons. The molecule has 0 heterocycles. The van der Waals surface area contributed by atoms with E-state index < -0.39 is 0 Å². The molecule has 0 unspecified atom stereocenters. The van der Waals surface area contributed by atoms with Crippen LogP contribution in [0.2, 0.25) is 0 Å². The molecule has 0 amide bonds. The molecule has 0 nitrogen and oxygen atoms in total. The first-order valence-electron chi connectivity index (χ1n) is 5.16. The Labute approximate surface area is 86.0 Å². The molecule has 1 aliphatic carbocycles. The van der Waals surface area contributed by atoms with Crippen LogP contribution in [-0.2, 0) is 6.42 Å². The highest BCUT2D eigenvalue weighted by molar-refractivity contribution is 5.36. The highest BCUT2D eigenvalue weighted by Crippen LogP contribution is 2.19. The molecular formula is C14H16. The van der Waals surface area contributed by atoms with Crippen LogP contribution in [0.15, 0.2) is 42.0 Å². The topological polar surface area (TPSA) is 0 Å². The van der Waals surface area contributed by atoms with Gasteiger partial charge in [0.1, 0.15) is 0 Å². The minimum atomic E-state index is 1.11. The van der Waals surface area contributed by atoms with Crippen LogP contribution in [0.3, 0.4) is 0 Å². The summed E-state index contributed by atoms with van der Waals surface area (Å²) in [6.45, 7) is 4.35. The van der Waals surface area contributed by atoms with Gasteiger partial charge >= 0.3 is 0 Å². The highest BCUT2D eigenvalue weighted by atomic mass is 14.1. The van der Waals surface area contributed by atoms with E-state index in [0.717, 1.165) is 12.8 Å². The molecule has 2 rings (SSSR count). The van der Waals surface area contributed by atoms with Crippen LogP contribution >= 0.6 is 0 Å². The predicted molar refractivity (Wildman–Crippen MR) is 61.5 cm³/mol. The molecule has 0 saturated heterocycles. The molecule has 0 bridgehead atoms. The standard InChI is InChI=1S/C14H16/c1-11-7-8-14(12(2)9-11)10-13-5-3-4-6-13/h3-5,7-9H,6,10H2,1-2H3. The lowest BCUT2D eigenvalue weighted by molar-refractivity contribution is 1.07. The fraction of sp³-hybridized carbons (Fsp3) is 0.286. The minimum Gasteiger partial charge on any atom is -0.0804 e. The van der Waals surface area contributed by atoms with E-state index in [1.807, 2.05) is 0 Å². The van der Waals surface area contributed by atoms with Crippen LogP contribution in [0.4, 0.5) is 0 Å². The van der Waals surface area contributed by atoms with Gasteiger partial charge in [-0.2, -0.15) is 0 Å². The Balaban J connectivity index is 2.17. The van der Waals surface area contributed by atoms with Crippen LogP contribution in [-0.4, -0.2) is 0 Å². The van der Waals surface area contributed by atoms with Gasteiger partial charge in [-0.3, -0.25) is 0 Å². The Hall–Kier alpha value is -1.30. The number of hydrogen-bond acceptors (Lipinski definition) is 0. The number of allylic oxidation sites excluding steroid dienone is 4. The Morgan fingerprint density at radius 2 is 2.07 bits per heavy atom. The molecule has 0 aromatic heterocycles. The van der Waals surface area contributed by atoms with Gasteiger partial charge in [0, 0.05) is 0 Å². The third kappa shape index (κ3) is 1.95. The van der Waals surface area contributed by atoms with Gasteiger partial charge in [0.2, 0.25) is 0 Å². The second kappa shape index (κ2) is 3.83. The van der Waals surface area contributed by atoms with Crippen molar-refractivity contribution in [1.82, 2.24) is 0 Å². The van der Waals surface area contributed by atoms with E-state index in [4.69, 9.17) is 0 Å². The molecular weight excluding hydrogens is 168 g/mol. The van der Waals surface area contributed by atoms with E-state index in [2.05, 4.69) is 50.3 Å². The van der Waals surface area contributed by atoms with Crippen molar-refractivity contribution in [1.29, 1.82) is 0 Å². The third-order valence-electron chi connectivity index (χ3n) is 2.76. The monoisotopic (exact) mass is 184 g/mol. The van der Waals surface area contributed by atoms with E-state index in [0.29, 0.717) is 0 Å². The van der Waals surface area contributed by atoms with Gasteiger partial charge in [-0.25, -0.2) is 0 Å². The molecule has 1 aliphatic rings. The molecule has 0 spiro atoms. The first kappa shape index (κ1) is 9.26. The summed E-state index contributed by atoms with van der Waals surface area (Å²) in [5.41, 5.74) is 5.75. The smallest absolute Gasteiger partial charge is 0.00582 e. The van der Waals surface area contributed by atoms with E-state index in [1.54, 1.807) is 0 Å². The maximum atomic E-state index is 2.26. The second-order valence-electron chi connectivity index (χ2n) is 4.06. The maximum Gasteiger partial charge on any atom is -0.00582 e. The molecule has 0 fully saturated rings. The van der Waals surface area contributed by atoms with Crippen molar-refractivity contribution in [2.45, 2.75) is 26.7 Å². The van der Waals surface area contributed by atoms with Crippen molar-refractivity contribution in [2.75, 3.05) is 0 Å². The summed E-state index contributed by atoms with van der Waals surface area (Å²) in [7, 11) is 0. The zero-order valence-electron chi connectivity index (χ0n) is 8.88. The first-order valence-corrected chi connectivity index (χ1v) is 5.16. The van der Waals surface area contributed by atoms with Gasteiger partial charge in [0.15, 0.2) is 0 Å². The Bertz CT molecular complexity index is 394. The summed E-state index contributed by atoms with van der Waals surface area (Å²) in [4.78, 5) is 0. The summed E-state index contributed by atoms with van der Waals surface area (Å²) >= 11 is 0. The maximum absolute atomic E-state index is 2.26. The minimum absolute atomic E-state index is 1.11. The number of hydrogen-bond donors (Lipinski definition) is 0. The van der Waals surface area contributed by atoms with Crippen molar-refractivity contribution in [3.8, 4) is 0 Å². The lowest BCUT2D eigenvalue weighted by atomic mass is 9.98. The van der Waals surface area contributed by atoms with Crippen molar-refractivity contribution >= 4 is 0 Å². The molecule has 14 heavy (non-hydrogen) atoms. The van der Waals surface area contributed by atoms with Gasteiger partial charge in [-0.05, 0) is 37.8 Å². The summed E-state index contributed by atoms with van der Waals surface area (Å²) in [5.74, 6) is 0.